The van der Waals surface area contributed by atoms with E-state index in [1.165, 1.54) is 39.3 Å². The molecule has 0 radical (unpaired) electrons. The second kappa shape index (κ2) is 6.53. The lowest BCUT2D eigenvalue weighted by Gasteiger charge is -2.30. The molecule has 1 saturated carbocycles. The number of rotatable bonds is 5. The van der Waals surface area contributed by atoms with Gasteiger partial charge in [0.15, 0.2) is 0 Å². The van der Waals surface area contributed by atoms with Gasteiger partial charge in [0.05, 0.1) is 0 Å². The van der Waals surface area contributed by atoms with Crippen molar-refractivity contribution in [3.8, 4) is 0 Å². The molecule has 1 unspecified atom stereocenters. The van der Waals surface area contributed by atoms with Gasteiger partial charge in [-0.05, 0) is 65.2 Å². The van der Waals surface area contributed by atoms with Gasteiger partial charge in [0.1, 0.15) is 0 Å². The lowest BCUT2D eigenvalue weighted by Crippen LogP contribution is -2.26. The van der Waals surface area contributed by atoms with E-state index in [2.05, 4.69) is 69.0 Å². The Morgan fingerprint density at radius 3 is 2.82 bits per heavy atom. The molecule has 1 atom stereocenters. The van der Waals surface area contributed by atoms with E-state index in [9.17, 15) is 0 Å². The molecule has 1 aliphatic carbocycles. The molecule has 1 N–H and O–H groups in total. The molecule has 1 aromatic carbocycles. The van der Waals surface area contributed by atoms with E-state index in [1.807, 2.05) is 0 Å². The van der Waals surface area contributed by atoms with Crippen LogP contribution < -0.4 is 5.32 Å². The van der Waals surface area contributed by atoms with Crippen molar-refractivity contribution in [2.75, 3.05) is 6.54 Å². The van der Waals surface area contributed by atoms with E-state index < -0.39 is 0 Å². The number of benzene rings is 1. The highest BCUT2D eigenvalue weighted by Crippen LogP contribution is 2.36. The van der Waals surface area contributed by atoms with E-state index in [4.69, 9.17) is 0 Å². The van der Waals surface area contributed by atoms with E-state index in [1.54, 1.807) is 0 Å². The number of hydrogen-bond donors (Lipinski definition) is 1. The summed E-state index contributed by atoms with van der Waals surface area (Å²) < 4.78 is 2.56. The van der Waals surface area contributed by atoms with Crippen molar-refractivity contribution in [3.05, 3.63) is 31.8 Å². The average Bonchev–Trinajstić information content (AvgIpc) is 2.25. The van der Waals surface area contributed by atoms with Crippen molar-refractivity contribution in [1.82, 2.24) is 5.32 Å². The summed E-state index contributed by atoms with van der Waals surface area (Å²) in [5.41, 5.74) is 1.45. The quantitative estimate of drug-likeness (QED) is 0.685. The first kappa shape index (κ1) is 13.8. The van der Waals surface area contributed by atoms with Gasteiger partial charge < -0.3 is 5.32 Å². The SMILES string of the molecule is CCNC(CC1CCC1)c1cc(Br)ccc1I. The van der Waals surface area contributed by atoms with Crippen molar-refractivity contribution < 1.29 is 0 Å². The molecule has 0 aromatic heterocycles. The second-order valence-corrected chi connectivity index (χ2v) is 6.89. The molecule has 0 bridgehead atoms. The van der Waals surface area contributed by atoms with Gasteiger partial charge in [-0.1, -0.05) is 42.1 Å². The topological polar surface area (TPSA) is 12.0 Å². The van der Waals surface area contributed by atoms with E-state index in [0.29, 0.717) is 6.04 Å². The number of nitrogens with one attached hydrogen (secondary N) is 1. The molecule has 1 fully saturated rings. The normalized spacial score (nSPS) is 17.8. The molecule has 2 rings (SSSR count). The Morgan fingerprint density at radius 2 is 2.24 bits per heavy atom. The van der Waals surface area contributed by atoms with Gasteiger partial charge in [0.2, 0.25) is 0 Å². The Morgan fingerprint density at radius 1 is 1.47 bits per heavy atom. The molecule has 0 aliphatic heterocycles. The van der Waals surface area contributed by atoms with Crippen molar-refractivity contribution >= 4 is 38.5 Å². The van der Waals surface area contributed by atoms with E-state index in [-0.39, 0.29) is 0 Å². The predicted molar refractivity (Wildman–Crippen MR) is 85.2 cm³/mol. The number of halogens is 2. The fraction of sp³-hybridized carbons (Fsp3) is 0.571. The molecule has 94 valence electrons. The first-order valence-corrected chi connectivity index (χ1v) is 8.26. The van der Waals surface area contributed by atoms with Gasteiger partial charge in [-0.25, -0.2) is 0 Å². The average molecular weight is 408 g/mol. The highest BCUT2D eigenvalue weighted by atomic mass is 127. The molecular weight excluding hydrogens is 389 g/mol. The molecule has 3 heteroatoms. The predicted octanol–water partition coefficient (Wildman–Crippen LogP) is 4.89. The summed E-state index contributed by atoms with van der Waals surface area (Å²) in [5.74, 6) is 0.939. The fourth-order valence-electron chi connectivity index (χ4n) is 2.41. The molecule has 1 aromatic rings. The summed E-state index contributed by atoms with van der Waals surface area (Å²) in [6.07, 6.45) is 5.57. The minimum absolute atomic E-state index is 0.523. The van der Waals surface area contributed by atoms with Gasteiger partial charge in [-0.15, -0.1) is 0 Å². The Bertz CT molecular complexity index is 376. The molecule has 1 nitrogen and oxygen atoms in total. The fourth-order valence-corrected chi connectivity index (χ4v) is 3.50. The minimum Gasteiger partial charge on any atom is -0.310 e. The summed E-state index contributed by atoms with van der Waals surface area (Å²) in [6, 6.07) is 7.12. The van der Waals surface area contributed by atoms with Crippen LogP contribution in [0.3, 0.4) is 0 Å². The van der Waals surface area contributed by atoms with Crippen molar-refractivity contribution in [3.63, 3.8) is 0 Å². The zero-order valence-electron chi connectivity index (χ0n) is 10.2. The largest absolute Gasteiger partial charge is 0.310 e. The van der Waals surface area contributed by atoms with Crippen LogP contribution in [0.1, 0.15) is 44.2 Å². The van der Waals surface area contributed by atoms with Crippen LogP contribution >= 0.6 is 38.5 Å². The third-order valence-electron chi connectivity index (χ3n) is 3.58. The molecule has 0 saturated heterocycles. The standard InChI is InChI=1S/C14H19BrIN/c1-2-17-14(8-10-4-3-5-10)12-9-11(15)6-7-13(12)16/h6-7,9-10,14,17H,2-5,8H2,1H3. The maximum absolute atomic E-state index is 3.64. The highest BCUT2D eigenvalue weighted by molar-refractivity contribution is 14.1. The summed E-state index contributed by atoms with van der Waals surface area (Å²) in [5, 5.41) is 3.64. The Kier molecular flexibility index (Phi) is 5.30. The summed E-state index contributed by atoms with van der Waals surface area (Å²) >= 11 is 6.03. The molecule has 0 amide bonds. The van der Waals surface area contributed by atoms with Gasteiger partial charge in [0.25, 0.3) is 0 Å². The first-order valence-electron chi connectivity index (χ1n) is 6.39. The number of hydrogen-bond acceptors (Lipinski definition) is 1. The summed E-state index contributed by atoms with van der Waals surface area (Å²) in [7, 11) is 0. The third kappa shape index (κ3) is 3.67. The second-order valence-electron chi connectivity index (χ2n) is 4.81. The van der Waals surface area contributed by atoms with Gasteiger partial charge >= 0.3 is 0 Å². The van der Waals surface area contributed by atoms with Crippen LogP contribution in [-0.2, 0) is 0 Å². The smallest absolute Gasteiger partial charge is 0.0333 e. The zero-order valence-corrected chi connectivity index (χ0v) is 13.9. The Balaban J connectivity index is 2.14. The van der Waals surface area contributed by atoms with E-state index in [0.717, 1.165) is 12.5 Å². The lowest BCUT2D eigenvalue weighted by molar-refractivity contribution is 0.262. The Labute approximate surface area is 126 Å². The summed E-state index contributed by atoms with van der Waals surface area (Å²) in [4.78, 5) is 0. The zero-order chi connectivity index (χ0) is 12.3. The monoisotopic (exact) mass is 407 g/mol. The van der Waals surface area contributed by atoms with Gasteiger partial charge in [-0.3, -0.25) is 0 Å². The van der Waals surface area contributed by atoms with Crippen molar-refractivity contribution in [2.24, 2.45) is 5.92 Å². The van der Waals surface area contributed by atoms with Crippen molar-refractivity contribution in [2.45, 2.75) is 38.6 Å². The summed E-state index contributed by atoms with van der Waals surface area (Å²) in [6.45, 7) is 3.23. The van der Waals surface area contributed by atoms with Crippen LogP contribution in [-0.4, -0.2) is 6.54 Å². The molecule has 1 aliphatic rings. The minimum atomic E-state index is 0.523. The van der Waals surface area contributed by atoms with E-state index >= 15 is 0 Å². The van der Waals surface area contributed by atoms with Crippen LogP contribution in [0.4, 0.5) is 0 Å². The molecule has 0 spiro atoms. The third-order valence-corrected chi connectivity index (χ3v) is 5.05. The van der Waals surface area contributed by atoms with Gasteiger partial charge in [0, 0.05) is 14.1 Å². The first-order chi connectivity index (χ1) is 8.20. The van der Waals surface area contributed by atoms with Crippen LogP contribution in [0.2, 0.25) is 0 Å². The van der Waals surface area contributed by atoms with Crippen LogP contribution in [0, 0.1) is 9.49 Å². The van der Waals surface area contributed by atoms with Gasteiger partial charge in [-0.2, -0.15) is 0 Å². The highest BCUT2D eigenvalue weighted by Gasteiger charge is 2.23. The lowest BCUT2D eigenvalue weighted by atomic mass is 9.79. The van der Waals surface area contributed by atoms with Crippen LogP contribution in [0.15, 0.2) is 22.7 Å². The maximum atomic E-state index is 3.64. The molecular formula is C14H19BrIN. The van der Waals surface area contributed by atoms with Crippen LogP contribution in [0.25, 0.3) is 0 Å². The Hall–Kier alpha value is 0.390. The molecule has 0 heterocycles. The maximum Gasteiger partial charge on any atom is 0.0333 e. The molecule has 17 heavy (non-hydrogen) atoms. The van der Waals surface area contributed by atoms with Crippen LogP contribution in [0.5, 0.6) is 0 Å². The van der Waals surface area contributed by atoms with Crippen molar-refractivity contribution in [1.29, 1.82) is 0 Å².